The molecule has 0 amide bonds. The van der Waals surface area contributed by atoms with E-state index in [1.807, 2.05) is 42.5 Å². The second-order valence-electron chi connectivity index (χ2n) is 6.99. The van der Waals surface area contributed by atoms with Crippen LogP contribution >= 0.6 is 15.9 Å². The van der Waals surface area contributed by atoms with Gasteiger partial charge in [-0.15, -0.1) is 0 Å². The number of nitrogens with two attached hydrogens (primary N) is 1. The van der Waals surface area contributed by atoms with Gasteiger partial charge in [-0.2, -0.15) is 0 Å². The molecule has 0 radical (unpaired) electrons. The van der Waals surface area contributed by atoms with Crippen molar-refractivity contribution < 1.29 is 12.8 Å². The highest BCUT2D eigenvalue weighted by Gasteiger charge is 2.21. The number of para-hydroxylation sites is 2. The fourth-order valence-electron chi connectivity index (χ4n) is 3.64. The first-order valence-corrected chi connectivity index (χ1v) is 11.5. The van der Waals surface area contributed by atoms with Gasteiger partial charge in [0.15, 0.2) is 0 Å². The number of hydrogen-bond donors (Lipinski definition) is 1. The summed E-state index contributed by atoms with van der Waals surface area (Å²) in [5, 5.41) is 1.97. The smallest absolute Gasteiger partial charge is 0.206 e. The van der Waals surface area contributed by atoms with Crippen molar-refractivity contribution in [2.75, 3.05) is 5.73 Å². The minimum Gasteiger partial charge on any atom is -0.455 e. The predicted octanol–water partition coefficient (Wildman–Crippen LogP) is 6.43. The highest BCUT2D eigenvalue weighted by atomic mass is 79.9. The van der Waals surface area contributed by atoms with Gasteiger partial charge in [-0.1, -0.05) is 52.3 Å². The quantitative estimate of drug-likeness (QED) is 0.303. The molecule has 0 saturated heterocycles. The van der Waals surface area contributed by atoms with E-state index in [1.165, 1.54) is 6.07 Å². The number of halogens is 1. The molecule has 6 heteroatoms. The Labute approximate surface area is 182 Å². The number of benzene rings is 4. The van der Waals surface area contributed by atoms with Crippen LogP contribution in [0.15, 0.2) is 104 Å². The third-order valence-corrected chi connectivity index (χ3v) is 7.45. The Bertz CT molecular complexity index is 1520. The van der Waals surface area contributed by atoms with E-state index in [0.717, 1.165) is 26.4 Å². The molecular weight excluding hydrogens is 462 g/mol. The summed E-state index contributed by atoms with van der Waals surface area (Å²) in [7, 11) is -3.69. The van der Waals surface area contributed by atoms with E-state index in [9.17, 15) is 8.42 Å². The van der Waals surface area contributed by atoms with Crippen LogP contribution in [0.5, 0.6) is 0 Å². The summed E-state index contributed by atoms with van der Waals surface area (Å²) in [5.74, 6) is 0. The van der Waals surface area contributed by atoms with Gasteiger partial charge in [0.1, 0.15) is 11.2 Å². The van der Waals surface area contributed by atoms with Gasteiger partial charge in [-0.3, -0.25) is 0 Å². The Morgan fingerprint density at radius 3 is 2.23 bits per heavy atom. The molecule has 0 atom stereocenters. The average Bonchev–Trinajstić information content (AvgIpc) is 3.13. The fraction of sp³-hybridized carbons (Fsp3) is 0. The molecule has 0 fully saturated rings. The van der Waals surface area contributed by atoms with E-state index < -0.39 is 9.84 Å². The minimum atomic E-state index is -3.69. The van der Waals surface area contributed by atoms with Crippen molar-refractivity contribution in [3.8, 4) is 11.1 Å². The van der Waals surface area contributed by atoms with E-state index in [0.29, 0.717) is 16.8 Å². The SMILES string of the molecule is Nc1ccc(S(=O)(=O)c2ccc(Br)cc2)cc1-c1cccc2c1oc1ccccc12. The second kappa shape index (κ2) is 7.00. The maximum absolute atomic E-state index is 13.2. The third kappa shape index (κ3) is 3.00. The molecule has 2 N–H and O–H groups in total. The number of sulfone groups is 1. The third-order valence-electron chi connectivity index (χ3n) is 5.15. The Morgan fingerprint density at radius 1 is 0.733 bits per heavy atom. The van der Waals surface area contributed by atoms with Crippen molar-refractivity contribution in [3.05, 3.63) is 89.4 Å². The van der Waals surface area contributed by atoms with Crippen molar-refractivity contribution in [2.45, 2.75) is 9.79 Å². The highest BCUT2D eigenvalue weighted by molar-refractivity contribution is 9.10. The molecule has 0 unspecified atom stereocenters. The number of furan rings is 1. The Kier molecular flexibility index (Phi) is 4.41. The Morgan fingerprint density at radius 2 is 1.43 bits per heavy atom. The molecule has 5 rings (SSSR count). The summed E-state index contributed by atoms with van der Waals surface area (Å²) in [5.41, 5.74) is 9.59. The van der Waals surface area contributed by atoms with Crippen LogP contribution < -0.4 is 5.73 Å². The lowest BCUT2D eigenvalue weighted by atomic mass is 10.0. The molecule has 4 nitrogen and oxygen atoms in total. The maximum atomic E-state index is 13.2. The van der Waals surface area contributed by atoms with Crippen LogP contribution in [-0.2, 0) is 9.84 Å². The molecule has 0 spiro atoms. The Hall–Kier alpha value is -3.09. The van der Waals surface area contributed by atoms with Crippen LogP contribution in [0.25, 0.3) is 33.1 Å². The van der Waals surface area contributed by atoms with E-state index in [1.54, 1.807) is 36.4 Å². The summed E-state index contributed by atoms with van der Waals surface area (Å²) in [4.78, 5) is 0.408. The molecule has 4 aromatic carbocycles. The van der Waals surface area contributed by atoms with E-state index >= 15 is 0 Å². The summed E-state index contributed by atoms with van der Waals surface area (Å²) < 4.78 is 33.3. The van der Waals surface area contributed by atoms with Crippen molar-refractivity contribution >= 4 is 53.4 Å². The van der Waals surface area contributed by atoms with Gasteiger partial charge in [0.05, 0.1) is 9.79 Å². The number of anilines is 1. The monoisotopic (exact) mass is 477 g/mol. The zero-order valence-electron chi connectivity index (χ0n) is 15.7. The number of hydrogen-bond acceptors (Lipinski definition) is 4. The molecule has 5 aromatic rings. The van der Waals surface area contributed by atoms with E-state index in [4.69, 9.17) is 10.2 Å². The molecule has 0 aliphatic heterocycles. The highest BCUT2D eigenvalue weighted by Crippen LogP contribution is 2.39. The lowest BCUT2D eigenvalue weighted by Crippen LogP contribution is -2.03. The second-order valence-corrected chi connectivity index (χ2v) is 9.85. The largest absolute Gasteiger partial charge is 0.455 e. The van der Waals surface area contributed by atoms with Crippen LogP contribution in [0.4, 0.5) is 5.69 Å². The van der Waals surface area contributed by atoms with Crippen LogP contribution in [-0.4, -0.2) is 8.42 Å². The van der Waals surface area contributed by atoms with E-state index in [-0.39, 0.29) is 9.79 Å². The van der Waals surface area contributed by atoms with Gasteiger partial charge in [-0.25, -0.2) is 8.42 Å². The molecule has 148 valence electrons. The number of rotatable bonds is 3. The van der Waals surface area contributed by atoms with Gasteiger partial charge >= 0.3 is 0 Å². The van der Waals surface area contributed by atoms with Crippen molar-refractivity contribution in [1.82, 2.24) is 0 Å². The number of fused-ring (bicyclic) bond motifs is 3. The van der Waals surface area contributed by atoms with E-state index in [2.05, 4.69) is 15.9 Å². The first-order valence-electron chi connectivity index (χ1n) is 9.26. The van der Waals surface area contributed by atoms with Crippen molar-refractivity contribution in [3.63, 3.8) is 0 Å². The fourth-order valence-corrected chi connectivity index (χ4v) is 5.20. The van der Waals surface area contributed by atoms with Gasteiger partial charge in [0, 0.05) is 32.1 Å². The van der Waals surface area contributed by atoms with Gasteiger partial charge in [0.25, 0.3) is 0 Å². The lowest BCUT2D eigenvalue weighted by molar-refractivity contribution is 0.596. The molecule has 30 heavy (non-hydrogen) atoms. The molecule has 1 heterocycles. The first-order chi connectivity index (χ1) is 14.4. The molecule has 0 aliphatic rings. The van der Waals surface area contributed by atoms with Gasteiger partial charge in [0.2, 0.25) is 9.84 Å². The van der Waals surface area contributed by atoms with Crippen LogP contribution in [0, 0.1) is 0 Å². The minimum absolute atomic E-state index is 0.183. The average molecular weight is 478 g/mol. The summed E-state index contributed by atoms with van der Waals surface area (Å²) in [6.07, 6.45) is 0. The Balaban J connectivity index is 1.72. The normalized spacial score (nSPS) is 11.9. The molecule has 0 saturated carbocycles. The zero-order valence-corrected chi connectivity index (χ0v) is 18.1. The molecular formula is C24H16BrNO3S. The van der Waals surface area contributed by atoms with Crippen LogP contribution in [0.3, 0.4) is 0 Å². The summed E-state index contributed by atoms with van der Waals surface area (Å²) >= 11 is 3.34. The number of nitrogen functional groups attached to an aromatic ring is 1. The standard InChI is InChI=1S/C24H16BrNO3S/c25-15-8-10-16(11-9-15)30(27,28)17-12-13-22(26)21(14-17)20-6-3-5-19-18-4-1-2-7-23(18)29-24(19)20/h1-14H,26H2. The maximum Gasteiger partial charge on any atom is 0.206 e. The topological polar surface area (TPSA) is 73.3 Å². The van der Waals surface area contributed by atoms with Gasteiger partial charge in [-0.05, 0) is 48.5 Å². The van der Waals surface area contributed by atoms with Crippen LogP contribution in [0.1, 0.15) is 0 Å². The lowest BCUT2D eigenvalue weighted by Gasteiger charge is -2.11. The molecule has 0 bridgehead atoms. The molecule has 1 aromatic heterocycles. The molecule has 0 aliphatic carbocycles. The predicted molar refractivity (Wildman–Crippen MR) is 123 cm³/mol. The first kappa shape index (κ1) is 18.9. The summed E-state index contributed by atoms with van der Waals surface area (Å²) in [6, 6.07) is 25.0. The zero-order chi connectivity index (χ0) is 20.9. The summed E-state index contributed by atoms with van der Waals surface area (Å²) in [6.45, 7) is 0. The van der Waals surface area contributed by atoms with Crippen molar-refractivity contribution in [1.29, 1.82) is 0 Å². The van der Waals surface area contributed by atoms with Gasteiger partial charge < -0.3 is 10.2 Å². The van der Waals surface area contributed by atoms with Crippen LogP contribution in [0.2, 0.25) is 0 Å². The van der Waals surface area contributed by atoms with Crippen molar-refractivity contribution in [2.24, 2.45) is 0 Å².